The van der Waals surface area contributed by atoms with E-state index in [4.69, 9.17) is 28.3 Å². The number of likely N-dealkylation sites (N-methyl/N-ethyl adjacent to an activating group) is 1. The molecule has 0 aliphatic heterocycles. The van der Waals surface area contributed by atoms with E-state index in [9.17, 15) is 0 Å². The van der Waals surface area contributed by atoms with Crippen molar-refractivity contribution in [3.63, 3.8) is 0 Å². The largest absolute Gasteiger partial charge is 0.394 e. The van der Waals surface area contributed by atoms with Gasteiger partial charge in [0.15, 0.2) is 0 Å². The van der Waals surface area contributed by atoms with Crippen molar-refractivity contribution in [1.82, 2.24) is 5.32 Å². The van der Waals surface area contributed by atoms with E-state index in [1.165, 1.54) is 0 Å². The molecule has 1 aromatic rings. The topological polar surface area (TPSA) is 32.3 Å². The lowest BCUT2D eigenvalue weighted by Crippen LogP contribution is -2.20. The summed E-state index contributed by atoms with van der Waals surface area (Å²) in [5.41, 5.74) is 0.819. The van der Waals surface area contributed by atoms with Crippen molar-refractivity contribution in [2.24, 2.45) is 0 Å². The lowest BCUT2D eigenvalue weighted by Gasteiger charge is -2.15. The highest BCUT2D eigenvalue weighted by Gasteiger charge is 2.11. The number of halogens is 2. The smallest absolute Gasteiger partial charge is 0.0626 e. The average molecular weight is 220 g/mol. The number of aliphatic hydroxyl groups excluding tert-OH is 1. The summed E-state index contributed by atoms with van der Waals surface area (Å²) < 4.78 is 0. The number of hydrogen-bond acceptors (Lipinski definition) is 2. The minimum Gasteiger partial charge on any atom is -0.394 e. The van der Waals surface area contributed by atoms with Crippen LogP contribution in [-0.2, 0) is 0 Å². The predicted molar refractivity (Wildman–Crippen MR) is 55.3 cm³/mol. The molecule has 1 aromatic carbocycles. The number of hydrogen-bond donors (Lipinski definition) is 2. The summed E-state index contributed by atoms with van der Waals surface area (Å²) >= 11 is 11.7. The monoisotopic (exact) mass is 219 g/mol. The highest BCUT2D eigenvalue weighted by atomic mass is 35.5. The standard InChI is InChI=1S/C9H11Cl2NO/c1-12-9(5-13)7-4-6(10)2-3-8(7)11/h2-4,9,12-13H,5H2,1H3. The molecule has 0 saturated heterocycles. The molecule has 0 saturated carbocycles. The first-order chi connectivity index (χ1) is 6.19. The molecule has 0 fully saturated rings. The van der Waals surface area contributed by atoms with E-state index in [0.717, 1.165) is 5.56 Å². The third-order valence-corrected chi connectivity index (χ3v) is 2.44. The van der Waals surface area contributed by atoms with E-state index in [1.807, 2.05) is 0 Å². The normalized spacial score (nSPS) is 12.9. The molecule has 0 aliphatic rings. The summed E-state index contributed by atoms with van der Waals surface area (Å²) in [7, 11) is 1.76. The predicted octanol–water partition coefficient (Wildman–Crippen LogP) is 2.25. The Morgan fingerprint density at radius 1 is 1.46 bits per heavy atom. The molecule has 0 aliphatic carbocycles. The molecule has 1 rings (SSSR count). The van der Waals surface area contributed by atoms with Gasteiger partial charge < -0.3 is 10.4 Å². The van der Waals surface area contributed by atoms with Gasteiger partial charge in [0.05, 0.1) is 12.6 Å². The molecule has 0 bridgehead atoms. The molecule has 0 amide bonds. The van der Waals surface area contributed by atoms with Gasteiger partial charge in [-0.15, -0.1) is 0 Å². The molecule has 4 heteroatoms. The van der Waals surface area contributed by atoms with Crippen LogP contribution < -0.4 is 5.32 Å². The van der Waals surface area contributed by atoms with Gasteiger partial charge in [0.25, 0.3) is 0 Å². The van der Waals surface area contributed by atoms with Gasteiger partial charge in [0.1, 0.15) is 0 Å². The summed E-state index contributed by atoms with van der Waals surface area (Å²) in [5, 5.41) is 13.2. The molecule has 0 radical (unpaired) electrons. The van der Waals surface area contributed by atoms with Crippen molar-refractivity contribution in [3.8, 4) is 0 Å². The molecule has 2 nitrogen and oxygen atoms in total. The van der Waals surface area contributed by atoms with Crippen LogP contribution in [0.2, 0.25) is 10.0 Å². The van der Waals surface area contributed by atoms with Crippen molar-refractivity contribution < 1.29 is 5.11 Å². The maximum atomic E-state index is 9.03. The first kappa shape index (κ1) is 10.8. The minimum atomic E-state index is -0.161. The fraction of sp³-hybridized carbons (Fsp3) is 0.333. The molecule has 0 spiro atoms. The van der Waals surface area contributed by atoms with E-state index in [1.54, 1.807) is 25.2 Å². The van der Waals surface area contributed by atoms with E-state index < -0.39 is 0 Å². The molecular formula is C9H11Cl2NO. The van der Waals surface area contributed by atoms with E-state index in [0.29, 0.717) is 10.0 Å². The van der Waals surface area contributed by atoms with Gasteiger partial charge in [-0.05, 0) is 30.8 Å². The lowest BCUT2D eigenvalue weighted by molar-refractivity contribution is 0.251. The molecule has 2 N–H and O–H groups in total. The van der Waals surface area contributed by atoms with Crippen LogP contribution in [0.25, 0.3) is 0 Å². The maximum Gasteiger partial charge on any atom is 0.0626 e. The van der Waals surface area contributed by atoms with Crippen molar-refractivity contribution in [1.29, 1.82) is 0 Å². The van der Waals surface area contributed by atoms with Crippen molar-refractivity contribution in [2.75, 3.05) is 13.7 Å². The Kier molecular flexibility index (Phi) is 4.00. The second-order valence-corrected chi connectivity index (χ2v) is 3.53. The molecule has 1 unspecified atom stereocenters. The second-order valence-electron chi connectivity index (χ2n) is 2.69. The molecule has 1 atom stereocenters. The van der Waals surface area contributed by atoms with Gasteiger partial charge in [-0.25, -0.2) is 0 Å². The zero-order valence-corrected chi connectivity index (χ0v) is 8.73. The Balaban J connectivity index is 3.03. The lowest BCUT2D eigenvalue weighted by atomic mass is 10.1. The molecular weight excluding hydrogens is 209 g/mol. The van der Waals surface area contributed by atoms with Crippen LogP contribution >= 0.6 is 23.2 Å². The van der Waals surface area contributed by atoms with Crippen molar-refractivity contribution in [3.05, 3.63) is 33.8 Å². The summed E-state index contributed by atoms with van der Waals surface area (Å²) in [4.78, 5) is 0. The van der Waals surface area contributed by atoms with Crippen LogP contribution in [-0.4, -0.2) is 18.8 Å². The van der Waals surface area contributed by atoms with Gasteiger partial charge >= 0.3 is 0 Å². The van der Waals surface area contributed by atoms with Crippen LogP contribution in [0.4, 0.5) is 0 Å². The number of benzene rings is 1. The summed E-state index contributed by atoms with van der Waals surface area (Å²) in [6, 6.07) is 5.03. The third kappa shape index (κ3) is 2.58. The van der Waals surface area contributed by atoms with Crippen LogP contribution in [0, 0.1) is 0 Å². The Morgan fingerprint density at radius 3 is 2.69 bits per heavy atom. The second kappa shape index (κ2) is 4.82. The summed E-state index contributed by atoms with van der Waals surface area (Å²) in [5.74, 6) is 0. The molecule has 0 aromatic heterocycles. The van der Waals surface area contributed by atoms with Crippen molar-refractivity contribution >= 4 is 23.2 Å². The number of rotatable bonds is 3. The van der Waals surface area contributed by atoms with Gasteiger partial charge in [-0.3, -0.25) is 0 Å². The van der Waals surface area contributed by atoms with Crippen LogP contribution in [0.5, 0.6) is 0 Å². The molecule has 72 valence electrons. The van der Waals surface area contributed by atoms with Crippen molar-refractivity contribution in [2.45, 2.75) is 6.04 Å². The number of aliphatic hydroxyl groups is 1. The van der Waals surface area contributed by atoms with Gasteiger partial charge in [-0.1, -0.05) is 23.2 Å². The fourth-order valence-electron chi connectivity index (χ4n) is 1.13. The molecule has 13 heavy (non-hydrogen) atoms. The Labute approximate surface area is 87.5 Å². The Bertz CT molecular complexity index is 287. The first-order valence-electron chi connectivity index (χ1n) is 3.92. The van der Waals surface area contributed by atoms with E-state index in [2.05, 4.69) is 5.32 Å². The summed E-state index contributed by atoms with van der Waals surface area (Å²) in [6.07, 6.45) is 0. The van der Waals surface area contributed by atoms with Crippen LogP contribution in [0.1, 0.15) is 11.6 Å². The van der Waals surface area contributed by atoms with Crippen LogP contribution in [0.15, 0.2) is 18.2 Å². The van der Waals surface area contributed by atoms with E-state index in [-0.39, 0.29) is 12.6 Å². The fourth-order valence-corrected chi connectivity index (χ4v) is 1.56. The third-order valence-electron chi connectivity index (χ3n) is 1.86. The van der Waals surface area contributed by atoms with Gasteiger partial charge in [0, 0.05) is 10.0 Å². The average Bonchev–Trinajstić information content (AvgIpc) is 2.13. The zero-order chi connectivity index (χ0) is 9.84. The highest BCUT2D eigenvalue weighted by molar-refractivity contribution is 6.33. The Hall–Kier alpha value is -0.280. The van der Waals surface area contributed by atoms with Gasteiger partial charge in [-0.2, -0.15) is 0 Å². The van der Waals surface area contributed by atoms with Gasteiger partial charge in [0.2, 0.25) is 0 Å². The van der Waals surface area contributed by atoms with Crippen LogP contribution in [0.3, 0.4) is 0 Å². The number of nitrogens with one attached hydrogen (secondary N) is 1. The highest BCUT2D eigenvalue weighted by Crippen LogP contribution is 2.25. The Morgan fingerprint density at radius 2 is 2.15 bits per heavy atom. The van der Waals surface area contributed by atoms with E-state index >= 15 is 0 Å². The summed E-state index contributed by atoms with van der Waals surface area (Å²) in [6.45, 7) is -0.00341. The SMILES string of the molecule is CNC(CO)c1cc(Cl)ccc1Cl. The molecule has 0 heterocycles. The zero-order valence-electron chi connectivity index (χ0n) is 7.22. The minimum absolute atomic E-state index is 0.00341. The quantitative estimate of drug-likeness (QED) is 0.818. The maximum absolute atomic E-state index is 9.03. The first-order valence-corrected chi connectivity index (χ1v) is 4.67.